The van der Waals surface area contributed by atoms with E-state index in [1.54, 1.807) is 0 Å². The maximum absolute atomic E-state index is 3.76. The minimum atomic E-state index is 0.567. The molecule has 78 valence electrons. The third-order valence-electron chi connectivity index (χ3n) is 2.42. The molecule has 0 aliphatic heterocycles. The molecule has 0 aromatic rings. The van der Waals surface area contributed by atoms with Gasteiger partial charge >= 0.3 is 0 Å². The number of halogens is 5. The zero-order valence-electron chi connectivity index (χ0n) is 6.90. The molecule has 0 saturated heterocycles. The van der Waals surface area contributed by atoms with Crippen LogP contribution in [0.3, 0.4) is 0 Å². The fraction of sp³-hybridized carbons (Fsp3) is 1.00. The number of hydrogen-bond acceptors (Lipinski definition) is 0. The van der Waals surface area contributed by atoms with Crippen LogP contribution in [0.2, 0.25) is 0 Å². The van der Waals surface area contributed by atoms with Crippen LogP contribution < -0.4 is 0 Å². The molecule has 0 heterocycles. The number of alkyl halides is 5. The molecule has 0 aromatic heterocycles. The van der Waals surface area contributed by atoms with Crippen molar-refractivity contribution in [1.29, 1.82) is 0 Å². The van der Waals surface area contributed by atoms with Gasteiger partial charge in [-0.05, 0) is 18.8 Å². The summed E-state index contributed by atoms with van der Waals surface area (Å²) in [6.45, 7) is 0. The van der Waals surface area contributed by atoms with E-state index in [9.17, 15) is 0 Å². The Hall–Kier alpha value is 2.40. The maximum Gasteiger partial charge on any atom is 0.0282 e. The van der Waals surface area contributed by atoms with Crippen molar-refractivity contribution >= 4 is 79.6 Å². The topological polar surface area (TPSA) is 0 Å². The van der Waals surface area contributed by atoms with Gasteiger partial charge in [-0.25, -0.2) is 0 Å². The molecule has 1 rings (SSSR count). The highest BCUT2D eigenvalue weighted by molar-refractivity contribution is 9.12. The van der Waals surface area contributed by atoms with Crippen molar-refractivity contribution in [3.8, 4) is 0 Å². The first-order valence-electron chi connectivity index (χ1n) is 4.18. The lowest BCUT2D eigenvalue weighted by Gasteiger charge is -2.36. The Balaban J connectivity index is 2.55. The lowest BCUT2D eigenvalue weighted by atomic mass is 9.87. The summed E-state index contributed by atoms with van der Waals surface area (Å²) in [5, 5.41) is 1.02. The molecule has 0 aromatic carbocycles. The first-order chi connectivity index (χ1) is 6.06. The second-order valence-corrected chi connectivity index (χ2v) is 8.71. The fourth-order valence-electron chi connectivity index (χ4n) is 1.58. The Morgan fingerprint density at radius 3 is 2.08 bits per heavy atom. The quantitative estimate of drug-likeness (QED) is 0.470. The van der Waals surface area contributed by atoms with E-state index >= 15 is 0 Å². The Labute approximate surface area is 122 Å². The predicted octanol–water partition coefficient (Wildman–Crippen LogP) is 4.85. The molecule has 0 radical (unpaired) electrons. The molecular weight excluding hydrogens is 496 g/mol. The third-order valence-corrected chi connectivity index (χ3v) is 8.77. The van der Waals surface area contributed by atoms with E-state index in [-0.39, 0.29) is 0 Å². The molecule has 0 bridgehead atoms. The van der Waals surface area contributed by atoms with Crippen molar-refractivity contribution in [2.24, 2.45) is 5.92 Å². The van der Waals surface area contributed by atoms with Gasteiger partial charge < -0.3 is 0 Å². The molecule has 5 unspecified atom stereocenters. The van der Waals surface area contributed by atoms with E-state index in [1.165, 1.54) is 12.8 Å². The predicted molar refractivity (Wildman–Crippen MR) is 77.4 cm³/mol. The summed E-state index contributed by atoms with van der Waals surface area (Å²) in [4.78, 5) is 2.39. The molecule has 1 fully saturated rings. The average Bonchev–Trinajstić information content (AvgIpc) is 2.10. The van der Waals surface area contributed by atoms with Gasteiger partial charge in [0.1, 0.15) is 0 Å². The Bertz CT molecular complexity index is 163. The van der Waals surface area contributed by atoms with Gasteiger partial charge in [0.05, 0.1) is 0 Å². The second-order valence-electron chi connectivity index (χ2n) is 3.35. The summed E-state index contributed by atoms with van der Waals surface area (Å²) in [6.07, 6.45) is 2.41. The van der Waals surface area contributed by atoms with E-state index in [0.29, 0.717) is 25.2 Å². The average molecular weight is 507 g/mol. The highest BCUT2D eigenvalue weighted by Crippen LogP contribution is 2.41. The highest BCUT2D eigenvalue weighted by atomic mass is 79.9. The van der Waals surface area contributed by atoms with Crippen molar-refractivity contribution in [2.75, 3.05) is 5.33 Å². The Kier molecular flexibility index (Phi) is 6.44. The summed E-state index contributed by atoms with van der Waals surface area (Å²) in [6, 6.07) is 0. The van der Waals surface area contributed by atoms with Crippen LogP contribution in [0.25, 0.3) is 0 Å². The number of rotatable bonds is 2. The molecular formula is C8H11Br5. The SMILES string of the molecule is BrCC(Br)C1CC(Br)C(Br)CC1Br. The molecule has 0 N–H and O–H groups in total. The first-order valence-corrected chi connectivity index (χ1v) is 8.97. The summed E-state index contributed by atoms with van der Waals surface area (Å²) in [5.74, 6) is 0.706. The van der Waals surface area contributed by atoms with E-state index in [2.05, 4.69) is 79.6 Å². The Morgan fingerprint density at radius 2 is 1.54 bits per heavy atom. The summed E-state index contributed by atoms with van der Waals surface area (Å²) in [7, 11) is 0. The standard InChI is InChI=1S/C8H11Br5/c9-3-8(13)4-1-6(11)7(12)2-5(4)10/h4-8H,1-3H2. The van der Waals surface area contributed by atoms with Gasteiger partial charge in [0.15, 0.2) is 0 Å². The van der Waals surface area contributed by atoms with Gasteiger partial charge in [-0.15, -0.1) is 0 Å². The van der Waals surface area contributed by atoms with Gasteiger partial charge in [-0.1, -0.05) is 79.6 Å². The zero-order valence-corrected chi connectivity index (χ0v) is 14.8. The van der Waals surface area contributed by atoms with Crippen molar-refractivity contribution in [3.63, 3.8) is 0 Å². The van der Waals surface area contributed by atoms with Crippen LogP contribution in [0.5, 0.6) is 0 Å². The molecule has 13 heavy (non-hydrogen) atoms. The van der Waals surface area contributed by atoms with Gasteiger partial charge in [0, 0.05) is 24.6 Å². The maximum atomic E-state index is 3.76. The minimum Gasteiger partial charge on any atom is -0.0916 e. The lowest BCUT2D eigenvalue weighted by molar-refractivity contribution is 0.400. The zero-order chi connectivity index (χ0) is 10.0. The van der Waals surface area contributed by atoms with Crippen LogP contribution in [0, 0.1) is 5.92 Å². The molecule has 5 atom stereocenters. The molecule has 1 aliphatic carbocycles. The molecule has 0 spiro atoms. The highest BCUT2D eigenvalue weighted by Gasteiger charge is 2.36. The van der Waals surface area contributed by atoms with Gasteiger partial charge in [-0.3, -0.25) is 0 Å². The number of hydrogen-bond donors (Lipinski definition) is 0. The smallest absolute Gasteiger partial charge is 0.0282 e. The normalized spacial score (nSPS) is 43.2. The lowest BCUT2D eigenvalue weighted by Crippen LogP contribution is -2.38. The molecule has 0 amide bonds. The second kappa shape index (κ2) is 6.21. The van der Waals surface area contributed by atoms with Crippen molar-refractivity contribution in [3.05, 3.63) is 0 Å². The van der Waals surface area contributed by atoms with Crippen LogP contribution in [-0.2, 0) is 0 Å². The van der Waals surface area contributed by atoms with Crippen LogP contribution >= 0.6 is 79.6 Å². The molecule has 1 saturated carbocycles. The Morgan fingerprint density at radius 1 is 1.00 bits per heavy atom. The minimum absolute atomic E-state index is 0.567. The van der Waals surface area contributed by atoms with E-state index in [4.69, 9.17) is 0 Å². The largest absolute Gasteiger partial charge is 0.0916 e. The first kappa shape index (κ1) is 13.5. The van der Waals surface area contributed by atoms with Gasteiger partial charge in [-0.2, -0.15) is 0 Å². The molecule has 0 nitrogen and oxygen atoms in total. The van der Waals surface area contributed by atoms with Gasteiger partial charge in [0.25, 0.3) is 0 Å². The van der Waals surface area contributed by atoms with E-state index in [0.717, 1.165) is 5.33 Å². The van der Waals surface area contributed by atoms with Crippen molar-refractivity contribution < 1.29 is 0 Å². The summed E-state index contributed by atoms with van der Waals surface area (Å²) in [5.41, 5.74) is 0. The van der Waals surface area contributed by atoms with Crippen LogP contribution in [0.15, 0.2) is 0 Å². The van der Waals surface area contributed by atoms with E-state index in [1.807, 2.05) is 0 Å². The van der Waals surface area contributed by atoms with E-state index < -0.39 is 0 Å². The summed E-state index contributed by atoms with van der Waals surface area (Å²) >= 11 is 18.4. The molecule has 5 heteroatoms. The van der Waals surface area contributed by atoms with Crippen LogP contribution in [0.4, 0.5) is 0 Å². The molecule has 1 aliphatic rings. The van der Waals surface area contributed by atoms with Crippen LogP contribution in [0.1, 0.15) is 12.8 Å². The fourth-order valence-corrected chi connectivity index (χ4v) is 5.81. The van der Waals surface area contributed by atoms with Crippen molar-refractivity contribution in [2.45, 2.75) is 32.2 Å². The third kappa shape index (κ3) is 3.72. The van der Waals surface area contributed by atoms with Crippen molar-refractivity contribution in [1.82, 2.24) is 0 Å². The summed E-state index contributed by atoms with van der Waals surface area (Å²) < 4.78 is 0. The van der Waals surface area contributed by atoms with Crippen LogP contribution in [-0.4, -0.2) is 24.6 Å². The van der Waals surface area contributed by atoms with Gasteiger partial charge in [0.2, 0.25) is 0 Å². The monoisotopic (exact) mass is 502 g/mol.